The van der Waals surface area contributed by atoms with Gasteiger partial charge in [-0.3, -0.25) is 9.78 Å². The monoisotopic (exact) mass is 526 g/mol. The van der Waals surface area contributed by atoms with E-state index in [1.165, 1.54) is 6.07 Å². The van der Waals surface area contributed by atoms with Crippen LogP contribution in [-0.4, -0.2) is 52.8 Å². The highest BCUT2D eigenvalue weighted by atomic mass is 19.2. The predicted octanol–water partition coefficient (Wildman–Crippen LogP) is 5.77. The third kappa shape index (κ3) is 7.05. The number of pyridine rings is 1. The summed E-state index contributed by atoms with van der Waals surface area (Å²) in [5.74, 6) is -1.18. The van der Waals surface area contributed by atoms with Gasteiger partial charge in [0.25, 0.3) is 0 Å². The van der Waals surface area contributed by atoms with E-state index < -0.39 is 23.7 Å². The molecule has 2 N–H and O–H groups in total. The third-order valence-electron chi connectivity index (χ3n) is 7.81. The number of methoxy groups -OCH3 is 1. The van der Waals surface area contributed by atoms with Crippen LogP contribution in [0.2, 0.25) is 0 Å². The largest absolute Gasteiger partial charge is 0.497 e. The van der Waals surface area contributed by atoms with Crippen LogP contribution in [0.1, 0.15) is 55.8 Å². The molecule has 1 saturated heterocycles. The van der Waals surface area contributed by atoms with Crippen LogP contribution < -0.4 is 4.74 Å². The van der Waals surface area contributed by atoms with Gasteiger partial charge in [0, 0.05) is 24.5 Å². The van der Waals surface area contributed by atoms with Gasteiger partial charge in [-0.1, -0.05) is 12.1 Å². The second-order valence-corrected chi connectivity index (χ2v) is 10.2. The Morgan fingerprint density at radius 3 is 2.82 bits per heavy atom. The maximum absolute atomic E-state index is 14.0. The summed E-state index contributed by atoms with van der Waals surface area (Å²) in [7, 11) is 1.61. The molecular weight excluding hydrogens is 490 g/mol. The Hall–Kier alpha value is -3.10. The molecule has 4 rings (SSSR count). The van der Waals surface area contributed by atoms with E-state index in [0.717, 1.165) is 55.0 Å². The van der Waals surface area contributed by atoms with E-state index in [9.17, 15) is 23.8 Å². The number of aliphatic hydroxyl groups is 1. The molecule has 0 saturated carbocycles. The molecule has 0 amide bonds. The number of fused-ring (bicyclic) bond motifs is 1. The maximum Gasteiger partial charge on any atom is 0.303 e. The molecule has 0 radical (unpaired) electrons. The average molecular weight is 527 g/mol. The second kappa shape index (κ2) is 13.1. The highest BCUT2D eigenvalue weighted by Crippen LogP contribution is 2.35. The van der Waals surface area contributed by atoms with E-state index in [0.29, 0.717) is 42.9 Å². The number of aliphatic carboxylic acids is 1. The van der Waals surface area contributed by atoms with Gasteiger partial charge in [0.2, 0.25) is 0 Å². The van der Waals surface area contributed by atoms with Crippen molar-refractivity contribution >= 4 is 16.9 Å². The van der Waals surface area contributed by atoms with Crippen LogP contribution in [0.4, 0.5) is 8.78 Å². The smallest absolute Gasteiger partial charge is 0.303 e. The van der Waals surface area contributed by atoms with E-state index in [2.05, 4.69) is 9.88 Å². The highest BCUT2D eigenvalue weighted by Gasteiger charge is 2.30. The van der Waals surface area contributed by atoms with Crippen LogP contribution in [0.5, 0.6) is 5.75 Å². The van der Waals surface area contributed by atoms with Crippen LogP contribution in [0, 0.1) is 23.5 Å². The zero-order chi connectivity index (χ0) is 27.1. The standard InChI is InChI=1S/C30H36F2N2O4/c1-38-23-9-10-27-25(18-23)24(13-15-33-27)28(35)11-7-20-14-17-34(19-22(20)8-12-29(36)37)16-3-5-21-4-2-6-26(31)30(21)32/h2,4,6,9-10,13,15,18,20,22,28,35H,3,5,7-8,11-12,14,16-17,19H2,1H3,(H,36,37)/t20-,22+,28?/m1/s1. The first-order valence-electron chi connectivity index (χ1n) is 13.3. The number of carboxylic acids is 1. The summed E-state index contributed by atoms with van der Waals surface area (Å²) in [4.78, 5) is 18.0. The lowest BCUT2D eigenvalue weighted by atomic mass is 9.79. The molecule has 204 valence electrons. The number of hydrogen-bond acceptors (Lipinski definition) is 5. The molecule has 1 aliphatic heterocycles. The first-order chi connectivity index (χ1) is 18.4. The van der Waals surface area contributed by atoms with Gasteiger partial charge in [-0.15, -0.1) is 0 Å². The normalized spacial score (nSPS) is 18.9. The predicted molar refractivity (Wildman–Crippen MR) is 142 cm³/mol. The number of rotatable bonds is 12. The topological polar surface area (TPSA) is 82.9 Å². The van der Waals surface area contributed by atoms with Crippen LogP contribution in [0.15, 0.2) is 48.7 Å². The van der Waals surface area contributed by atoms with Crippen molar-refractivity contribution in [1.29, 1.82) is 0 Å². The van der Waals surface area contributed by atoms with Crippen LogP contribution in [0.25, 0.3) is 10.9 Å². The number of halogens is 2. The van der Waals surface area contributed by atoms with Gasteiger partial charge in [-0.2, -0.15) is 0 Å². The Bertz CT molecular complexity index is 1240. The zero-order valence-electron chi connectivity index (χ0n) is 21.8. The second-order valence-electron chi connectivity index (χ2n) is 10.2. The van der Waals surface area contributed by atoms with Crippen molar-refractivity contribution in [2.75, 3.05) is 26.7 Å². The Labute approximate surface area is 222 Å². The van der Waals surface area contributed by atoms with Crippen molar-refractivity contribution in [3.63, 3.8) is 0 Å². The third-order valence-corrected chi connectivity index (χ3v) is 7.81. The van der Waals surface area contributed by atoms with Crippen LogP contribution >= 0.6 is 0 Å². The van der Waals surface area contributed by atoms with Gasteiger partial charge in [0.05, 0.1) is 18.7 Å². The lowest BCUT2D eigenvalue weighted by molar-refractivity contribution is -0.137. The summed E-state index contributed by atoms with van der Waals surface area (Å²) in [6.07, 6.45) is 5.18. The number of benzene rings is 2. The molecule has 3 atom stereocenters. The summed E-state index contributed by atoms with van der Waals surface area (Å²) in [5.41, 5.74) is 2.00. The molecule has 2 heterocycles. The first-order valence-corrected chi connectivity index (χ1v) is 13.3. The fourth-order valence-electron chi connectivity index (χ4n) is 5.70. The van der Waals surface area contributed by atoms with Crippen molar-refractivity contribution in [3.05, 3.63) is 71.4 Å². The van der Waals surface area contributed by atoms with E-state index in [1.807, 2.05) is 24.3 Å². The molecule has 1 aromatic heterocycles. The average Bonchev–Trinajstić information content (AvgIpc) is 2.92. The molecule has 1 unspecified atom stereocenters. The zero-order valence-corrected chi connectivity index (χ0v) is 21.8. The van der Waals surface area contributed by atoms with Gasteiger partial charge in [-0.25, -0.2) is 8.78 Å². The van der Waals surface area contributed by atoms with Crippen molar-refractivity contribution in [2.45, 2.75) is 51.0 Å². The van der Waals surface area contributed by atoms with Crippen molar-refractivity contribution < 1.29 is 28.5 Å². The van der Waals surface area contributed by atoms with E-state index in [4.69, 9.17) is 4.74 Å². The van der Waals surface area contributed by atoms with Gasteiger partial charge in [0.15, 0.2) is 11.6 Å². The van der Waals surface area contributed by atoms with Gasteiger partial charge >= 0.3 is 5.97 Å². The van der Waals surface area contributed by atoms with Crippen LogP contribution in [0.3, 0.4) is 0 Å². The number of carbonyl (C=O) groups is 1. The lowest BCUT2D eigenvalue weighted by Crippen LogP contribution is -2.41. The molecule has 6 nitrogen and oxygen atoms in total. The SMILES string of the molecule is COc1ccc2nccc(C(O)CC[C@@H]3CCN(CCCc4cccc(F)c4F)C[C@@H]3CCC(=O)O)c2c1. The Morgan fingerprint density at radius 1 is 1.18 bits per heavy atom. The number of nitrogens with zero attached hydrogens (tertiary/aromatic N) is 2. The number of hydrogen-bond donors (Lipinski definition) is 2. The minimum absolute atomic E-state index is 0.112. The minimum Gasteiger partial charge on any atom is -0.497 e. The highest BCUT2D eigenvalue weighted by molar-refractivity contribution is 5.83. The number of likely N-dealkylation sites (tertiary alicyclic amines) is 1. The number of piperidine rings is 1. The maximum atomic E-state index is 14.0. The quantitative estimate of drug-likeness (QED) is 0.312. The summed E-state index contributed by atoms with van der Waals surface area (Å²) >= 11 is 0. The summed E-state index contributed by atoms with van der Waals surface area (Å²) < 4.78 is 32.8. The van der Waals surface area contributed by atoms with E-state index in [-0.39, 0.29) is 12.3 Å². The first kappa shape index (κ1) is 27.9. The van der Waals surface area contributed by atoms with Crippen molar-refractivity contribution in [2.24, 2.45) is 11.8 Å². The Morgan fingerprint density at radius 2 is 2.03 bits per heavy atom. The molecule has 2 aromatic carbocycles. The van der Waals surface area contributed by atoms with Crippen LogP contribution in [-0.2, 0) is 11.2 Å². The molecule has 0 spiro atoms. The fourth-order valence-corrected chi connectivity index (χ4v) is 5.70. The number of carboxylic acid groups (broad SMARTS) is 1. The summed E-state index contributed by atoms with van der Waals surface area (Å²) in [5, 5.41) is 21.3. The molecule has 3 aromatic rings. The molecule has 8 heteroatoms. The Balaban J connectivity index is 1.36. The molecule has 1 fully saturated rings. The minimum atomic E-state index is -0.821. The van der Waals surface area contributed by atoms with Gasteiger partial charge in [-0.05, 0) is 105 Å². The van der Waals surface area contributed by atoms with E-state index >= 15 is 0 Å². The van der Waals surface area contributed by atoms with E-state index in [1.54, 1.807) is 19.4 Å². The van der Waals surface area contributed by atoms with Crippen molar-refractivity contribution in [3.8, 4) is 5.75 Å². The van der Waals surface area contributed by atoms with Gasteiger partial charge in [0.1, 0.15) is 5.75 Å². The number of aryl methyl sites for hydroxylation is 1. The lowest BCUT2D eigenvalue weighted by Gasteiger charge is -2.39. The fraction of sp³-hybridized carbons (Fsp3) is 0.467. The molecule has 1 aliphatic rings. The number of aliphatic hydroxyl groups excluding tert-OH is 1. The molecule has 0 bridgehead atoms. The summed E-state index contributed by atoms with van der Waals surface area (Å²) in [6, 6.07) is 11.7. The Kier molecular flexibility index (Phi) is 9.63. The molecular formula is C30H36F2N2O4. The number of aromatic nitrogens is 1. The number of ether oxygens (including phenoxy) is 1. The summed E-state index contributed by atoms with van der Waals surface area (Å²) in [6.45, 7) is 2.39. The van der Waals surface area contributed by atoms with Gasteiger partial charge < -0.3 is 19.8 Å². The molecule has 38 heavy (non-hydrogen) atoms. The van der Waals surface area contributed by atoms with Crippen molar-refractivity contribution in [1.82, 2.24) is 9.88 Å². The molecule has 0 aliphatic carbocycles.